The first-order valence-electron chi connectivity index (χ1n) is 26.8. The number of unbranched alkanes of at least 4 members (excludes halogenated alkanes) is 16. The van der Waals surface area contributed by atoms with Gasteiger partial charge in [0.1, 0.15) is 13.2 Å². The third-order valence-corrected chi connectivity index (χ3v) is 12.3. The minimum Gasteiger partial charge on any atom is -0.391 e. The van der Waals surface area contributed by atoms with E-state index in [4.69, 9.17) is 9.05 Å². The predicted octanol–water partition coefficient (Wildman–Crippen LogP) is 16.0. The molecule has 3 unspecified atom stereocenters. The third-order valence-electron chi connectivity index (χ3n) is 11.3. The molecule has 0 aromatic carbocycles. The number of amides is 1. The molecule has 0 aliphatic rings. The average Bonchev–Trinajstić information content (AvgIpc) is 3.29. The molecule has 3 atom stereocenters. The number of allylic oxidation sites excluding steroid dienone is 18. The zero-order valence-electron chi connectivity index (χ0n) is 43.6. The van der Waals surface area contributed by atoms with Gasteiger partial charge in [-0.25, -0.2) is 4.57 Å². The number of nitrogens with zero attached hydrogens (tertiary/aromatic N) is 1. The molecule has 0 aromatic rings. The van der Waals surface area contributed by atoms with Crippen LogP contribution in [-0.2, 0) is 18.4 Å². The molecular formula is C58H102N2O6P+. The summed E-state index contributed by atoms with van der Waals surface area (Å²) in [6.45, 7) is 4.73. The first-order valence-corrected chi connectivity index (χ1v) is 28.2. The molecular weight excluding hydrogens is 852 g/mol. The van der Waals surface area contributed by atoms with E-state index in [1.807, 2.05) is 21.1 Å². The number of likely N-dealkylation sites (N-methyl/N-ethyl adjacent to an activating group) is 1. The summed E-state index contributed by atoms with van der Waals surface area (Å²) in [7, 11) is 1.57. The maximum absolute atomic E-state index is 12.9. The van der Waals surface area contributed by atoms with E-state index < -0.39 is 20.0 Å². The van der Waals surface area contributed by atoms with Crippen LogP contribution in [0.3, 0.4) is 0 Å². The van der Waals surface area contributed by atoms with Crippen molar-refractivity contribution in [1.29, 1.82) is 0 Å². The van der Waals surface area contributed by atoms with Gasteiger partial charge in [0.15, 0.2) is 0 Å². The molecule has 0 aliphatic heterocycles. The standard InChI is InChI=1S/C58H101N2O6P/c1-6-8-10-12-14-16-18-20-22-23-24-25-26-27-28-29-30-31-32-33-34-35-36-37-38-40-42-44-46-48-50-52-58(62)59-56(55-66-67(63,64)65-54-53-60(3,4)5)57(61)51-49-47-45-43-41-39-21-19-17-15-13-11-9-7-2/h8,10,14,16,20,22,24-25,27-28,30-31,33-34,36-37,40,42,56-57,61H,6-7,9,11-13,15,17-19,21,23,26,29,32,35,38-39,41,43-55H2,1-5H3,(H-,59,62,63,64)/p+1/b10-8-,16-14-,22-20-,25-24-,28-27-,31-30-,34-33-,37-36-,42-40-. The molecule has 0 bridgehead atoms. The largest absolute Gasteiger partial charge is 0.472 e. The molecule has 0 spiro atoms. The van der Waals surface area contributed by atoms with Gasteiger partial charge >= 0.3 is 7.82 Å². The SMILES string of the molecule is CC/C=C\C/C=C\C/C=C\C/C=C\C/C=C\C/C=C\C/C=C\C/C=C\C/C=C\CCCCCC(=O)NC(COP(=O)(O)OCC[N+](C)(C)C)C(O)CCCCCCCCCCCCCCCC. The number of hydrogen-bond donors (Lipinski definition) is 3. The van der Waals surface area contributed by atoms with Crippen molar-refractivity contribution in [2.24, 2.45) is 0 Å². The number of aliphatic hydroxyl groups is 1. The lowest BCUT2D eigenvalue weighted by atomic mass is 10.0. The van der Waals surface area contributed by atoms with Crippen molar-refractivity contribution in [3.63, 3.8) is 0 Å². The van der Waals surface area contributed by atoms with Gasteiger partial charge in [-0.05, 0) is 83.5 Å². The fourth-order valence-electron chi connectivity index (χ4n) is 7.10. The van der Waals surface area contributed by atoms with Crippen LogP contribution < -0.4 is 5.32 Å². The normalized spacial score (nSPS) is 14.9. The van der Waals surface area contributed by atoms with Gasteiger partial charge in [-0.15, -0.1) is 0 Å². The van der Waals surface area contributed by atoms with Crippen LogP contribution >= 0.6 is 7.82 Å². The molecule has 0 fully saturated rings. The van der Waals surface area contributed by atoms with Crippen LogP contribution in [0, 0.1) is 0 Å². The van der Waals surface area contributed by atoms with Crippen LogP contribution in [0.15, 0.2) is 109 Å². The number of carbonyl (C=O) groups is 1. The quantitative estimate of drug-likeness (QED) is 0.0243. The van der Waals surface area contributed by atoms with Crippen LogP contribution in [-0.4, -0.2) is 73.4 Å². The van der Waals surface area contributed by atoms with Gasteiger partial charge < -0.3 is 19.8 Å². The molecule has 0 saturated heterocycles. The Morgan fingerprint density at radius 1 is 0.522 bits per heavy atom. The molecule has 8 nitrogen and oxygen atoms in total. The number of aliphatic hydroxyl groups excluding tert-OH is 1. The number of nitrogens with one attached hydrogen (secondary N) is 1. The smallest absolute Gasteiger partial charge is 0.391 e. The van der Waals surface area contributed by atoms with E-state index in [-0.39, 0.29) is 19.1 Å². The Morgan fingerprint density at radius 2 is 0.896 bits per heavy atom. The van der Waals surface area contributed by atoms with Crippen molar-refractivity contribution < 1.29 is 32.9 Å². The second-order valence-corrected chi connectivity index (χ2v) is 20.3. The fourth-order valence-corrected chi connectivity index (χ4v) is 7.83. The van der Waals surface area contributed by atoms with E-state index in [9.17, 15) is 19.4 Å². The highest BCUT2D eigenvalue weighted by Crippen LogP contribution is 2.43. The predicted molar refractivity (Wildman–Crippen MR) is 290 cm³/mol. The van der Waals surface area contributed by atoms with Crippen LogP contribution in [0.1, 0.15) is 200 Å². The second kappa shape index (κ2) is 48.2. The van der Waals surface area contributed by atoms with E-state index in [1.165, 1.54) is 70.6 Å². The summed E-state index contributed by atoms with van der Waals surface area (Å²) >= 11 is 0. The molecule has 9 heteroatoms. The van der Waals surface area contributed by atoms with Crippen molar-refractivity contribution in [3.8, 4) is 0 Å². The van der Waals surface area contributed by atoms with Gasteiger partial charge in [-0.3, -0.25) is 13.8 Å². The Kier molecular flexibility index (Phi) is 46.2. The Hall–Kier alpha value is -2.84. The minimum absolute atomic E-state index is 0.0617. The van der Waals surface area contributed by atoms with Crippen molar-refractivity contribution in [2.45, 2.75) is 212 Å². The maximum Gasteiger partial charge on any atom is 0.472 e. The first-order chi connectivity index (χ1) is 32.5. The zero-order valence-corrected chi connectivity index (χ0v) is 44.5. The Bertz CT molecular complexity index is 1450. The monoisotopic (exact) mass is 954 g/mol. The van der Waals surface area contributed by atoms with Crippen LogP contribution in [0.4, 0.5) is 0 Å². The second-order valence-electron chi connectivity index (χ2n) is 18.9. The van der Waals surface area contributed by atoms with Crippen molar-refractivity contribution in [2.75, 3.05) is 40.9 Å². The zero-order chi connectivity index (χ0) is 49.2. The van der Waals surface area contributed by atoms with Gasteiger partial charge in [-0.2, -0.15) is 0 Å². The summed E-state index contributed by atoms with van der Waals surface area (Å²) in [4.78, 5) is 23.2. The average molecular weight is 954 g/mol. The number of quaternary nitrogens is 1. The summed E-state index contributed by atoms with van der Waals surface area (Å²) < 4.78 is 23.7. The summed E-state index contributed by atoms with van der Waals surface area (Å²) in [6.07, 6.45) is 69.9. The molecule has 384 valence electrons. The number of carbonyl (C=O) groups excluding carboxylic acids is 1. The van der Waals surface area contributed by atoms with Gasteiger partial charge in [0.05, 0.1) is 39.9 Å². The fraction of sp³-hybridized carbons (Fsp3) is 0.672. The molecule has 3 N–H and O–H groups in total. The lowest BCUT2D eigenvalue weighted by molar-refractivity contribution is -0.870. The topological polar surface area (TPSA) is 105 Å². The number of hydrogen-bond acceptors (Lipinski definition) is 5. The number of phosphoric ester groups is 1. The summed E-state index contributed by atoms with van der Waals surface area (Å²) in [5, 5.41) is 14.0. The number of rotatable bonds is 47. The van der Waals surface area contributed by atoms with Gasteiger partial charge in [0.25, 0.3) is 0 Å². The molecule has 0 rings (SSSR count). The van der Waals surface area contributed by atoms with Crippen molar-refractivity contribution in [3.05, 3.63) is 109 Å². The molecule has 67 heavy (non-hydrogen) atoms. The van der Waals surface area contributed by atoms with E-state index in [1.54, 1.807) is 0 Å². The lowest BCUT2D eigenvalue weighted by Gasteiger charge is -2.26. The van der Waals surface area contributed by atoms with Gasteiger partial charge in [0, 0.05) is 6.42 Å². The van der Waals surface area contributed by atoms with E-state index in [0.717, 1.165) is 103 Å². The van der Waals surface area contributed by atoms with Crippen molar-refractivity contribution >= 4 is 13.7 Å². The Morgan fingerprint density at radius 3 is 1.30 bits per heavy atom. The van der Waals surface area contributed by atoms with E-state index in [2.05, 4.69) is 129 Å². The molecule has 0 saturated carbocycles. The maximum atomic E-state index is 12.9. The van der Waals surface area contributed by atoms with Crippen molar-refractivity contribution in [1.82, 2.24) is 5.32 Å². The Balaban J connectivity index is 4.30. The van der Waals surface area contributed by atoms with E-state index in [0.29, 0.717) is 23.9 Å². The molecule has 0 aliphatic carbocycles. The lowest BCUT2D eigenvalue weighted by Crippen LogP contribution is -2.46. The van der Waals surface area contributed by atoms with Crippen LogP contribution in [0.5, 0.6) is 0 Å². The highest BCUT2D eigenvalue weighted by Gasteiger charge is 2.28. The first kappa shape index (κ1) is 64.2. The summed E-state index contributed by atoms with van der Waals surface area (Å²) in [5.41, 5.74) is 0. The van der Waals surface area contributed by atoms with E-state index >= 15 is 0 Å². The summed E-state index contributed by atoms with van der Waals surface area (Å²) in [5.74, 6) is -0.181. The summed E-state index contributed by atoms with van der Waals surface area (Å²) in [6, 6.07) is -0.786. The van der Waals surface area contributed by atoms with Crippen LogP contribution in [0.25, 0.3) is 0 Å². The molecule has 0 radical (unpaired) electrons. The van der Waals surface area contributed by atoms with Crippen LogP contribution in [0.2, 0.25) is 0 Å². The highest BCUT2D eigenvalue weighted by atomic mass is 31.2. The minimum atomic E-state index is -4.34. The van der Waals surface area contributed by atoms with Gasteiger partial charge in [0.2, 0.25) is 5.91 Å². The highest BCUT2D eigenvalue weighted by molar-refractivity contribution is 7.47. The Labute approximate surface area is 412 Å². The molecule has 0 heterocycles. The third kappa shape index (κ3) is 50.9. The number of phosphoric acid groups is 1. The van der Waals surface area contributed by atoms with Gasteiger partial charge in [-0.1, -0.05) is 220 Å². The molecule has 1 amide bonds. The molecule has 0 aromatic heterocycles.